The third-order valence-corrected chi connectivity index (χ3v) is 3.84. The van der Waals surface area contributed by atoms with Crippen molar-refractivity contribution in [1.29, 1.82) is 0 Å². The van der Waals surface area contributed by atoms with E-state index < -0.39 is 0 Å². The Balaban J connectivity index is 1.99. The number of piperidine rings is 1. The van der Waals surface area contributed by atoms with Gasteiger partial charge in [-0.2, -0.15) is 0 Å². The first-order chi connectivity index (χ1) is 9.85. The lowest BCUT2D eigenvalue weighted by molar-refractivity contribution is 0.0893. The summed E-state index contributed by atoms with van der Waals surface area (Å²) in [6.45, 7) is 4.62. The fourth-order valence-electron chi connectivity index (χ4n) is 2.72. The van der Waals surface area contributed by atoms with Crippen molar-refractivity contribution in [3.63, 3.8) is 0 Å². The molecule has 1 aromatic carbocycles. The Bertz CT molecular complexity index is 398. The third-order valence-electron chi connectivity index (χ3n) is 3.84. The minimum absolute atomic E-state index is 0.359. The van der Waals surface area contributed by atoms with Gasteiger partial charge in [0.25, 0.3) is 0 Å². The molecular formula is C16H26N2O2. The molecule has 4 nitrogen and oxygen atoms in total. The Labute approximate surface area is 122 Å². The van der Waals surface area contributed by atoms with Crippen molar-refractivity contribution in [1.82, 2.24) is 5.32 Å². The molecule has 0 spiro atoms. The number of anilines is 1. The van der Waals surface area contributed by atoms with Crippen LogP contribution in [0, 0.1) is 0 Å². The largest absolute Gasteiger partial charge is 0.383 e. The van der Waals surface area contributed by atoms with Gasteiger partial charge < -0.3 is 19.7 Å². The molecule has 0 amide bonds. The van der Waals surface area contributed by atoms with Gasteiger partial charge in [-0.1, -0.05) is 18.2 Å². The topological polar surface area (TPSA) is 33.7 Å². The first-order valence-electron chi connectivity index (χ1n) is 7.40. The molecule has 0 bridgehead atoms. The summed E-state index contributed by atoms with van der Waals surface area (Å²) >= 11 is 0. The van der Waals surface area contributed by atoms with Crippen LogP contribution in [0.4, 0.5) is 5.69 Å². The predicted molar refractivity (Wildman–Crippen MR) is 82.3 cm³/mol. The zero-order valence-electron chi connectivity index (χ0n) is 12.6. The number of hydrogen-bond donors (Lipinski definition) is 1. The van der Waals surface area contributed by atoms with E-state index in [1.807, 2.05) is 7.11 Å². The maximum Gasteiger partial charge on any atom is 0.0746 e. The second kappa shape index (κ2) is 8.25. The highest BCUT2D eigenvalue weighted by molar-refractivity contribution is 5.54. The Morgan fingerprint density at radius 2 is 2.15 bits per heavy atom. The fourth-order valence-corrected chi connectivity index (χ4v) is 2.72. The van der Waals surface area contributed by atoms with Crippen LogP contribution in [-0.2, 0) is 16.0 Å². The lowest BCUT2D eigenvalue weighted by Crippen LogP contribution is -2.39. The van der Waals surface area contributed by atoms with E-state index in [1.54, 1.807) is 7.11 Å². The molecule has 1 heterocycles. The van der Waals surface area contributed by atoms with Crippen LogP contribution in [0.15, 0.2) is 24.3 Å². The average molecular weight is 278 g/mol. The quantitative estimate of drug-likeness (QED) is 0.774. The number of benzene rings is 1. The Kier molecular flexibility index (Phi) is 6.30. The number of methoxy groups -OCH3 is 2. The van der Waals surface area contributed by atoms with Crippen molar-refractivity contribution in [2.75, 3.05) is 45.4 Å². The molecule has 0 aromatic heterocycles. The first-order valence-corrected chi connectivity index (χ1v) is 7.40. The smallest absolute Gasteiger partial charge is 0.0746 e. The minimum atomic E-state index is 0.359. The second-order valence-electron chi connectivity index (χ2n) is 5.24. The molecule has 112 valence electrons. The van der Waals surface area contributed by atoms with Crippen LogP contribution < -0.4 is 10.2 Å². The van der Waals surface area contributed by atoms with Crippen LogP contribution in [-0.4, -0.2) is 46.6 Å². The van der Waals surface area contributed by atoms with E-state index in [0.717, 1.165) is 32.8 Å². The first kappa shape index (κ1) is 15.3. The van der Waals surface area contributed by atoms with Gasteiger partial charge in [0.05, 0.1) is 12.7 Å². The number of ether oxygens (including phenoxy) is 2. The van der Waals surface area contributed by atoms with Crippen molar-refractivity contribution in [2.45, 2.75) is 25.5 Å². The summed E-state index contributed by atoms with van der Waals surface area (Å²) in [5.41, 5.74) is 2.68. The molecule has 1 saturated heterocycles. The van der Waals surface area contributed by atoms with Crippen molar-refractivity contribution >= 4 is 5.69 Å². The van der Waals surface area contributed by atoms with Crippen molar-refractivity contribution in [2.24, 2.45) is 0 Å². The van der Waals surface area contributed by atoms with Crippen LogP contribution in [0.25, 0.3) is 0 Å². The molecule has 1 aliphatic rings. The van der Waals surface area contributed by atoms with E-state index in [9.17, 15) is 0 Å². The maximum atomic E-state index is 5.52. The van der Waals surface area contributed by atoms with Crippen molar-refractivity contribution < 1.29 is 9.47 Å². The molecule has 0 saturated carbocycles. The maximum absolute atomic E-state index is 5.52. The summed E-state index contributed by atoms with van der Waals surface area (Å²) in [5.74, 6) is 0. The molecule has 20 heavy (non-hydrogen) atoms. The second-order valence-corrected chi connectivity index (χ2v) is 5.24. The van der Waals surface area contributed by atoms with E-state index in [1.165, 1.54) is 24.1 Å². The summed E-state index contributed by atoms with van der Waals surface area (Å²) in [6, 6.07) is 8.63. The number of rotatable bonds is 7. The molecule has 1 N–H and O–H groups in total. The summed E-state index contributed by atoms with van der Waals surface area (Å²) in [5, 5.41) is 3.42. The van der Waals surface area contributed by atoms with E-state index >= 15 is 0 Å². The van der Waals surface area contributed by atoms with Gasteiger partial charge in [-0.25, -0.2) is 0 Å². The Hall–Kier alpha value is -1.10. The standard InChI is InChI=1S/C16H26N2O2/c1-19-11-9-17-12-14-6-3-4-8-16(14)18-10-5-7-15(13-18)20-2/h3-4,6,8,15,17H,5,7,9-13H2,1-2H3. The van der Waals surface area contributed by atoms with Crippen LogP contribution in [0.5, 0.6) is 0 Å². The number of nitrogens with zero attached hydrogens (tertiary/aromatic N) is 1. The normalized spacial score (nSPS) is 19.3. The van der Waals surface area contributed by atoms with Crippen molar-refractivity contribution in [3.05, 3.63) is 29.8 Å². The monoisotopic (exact) mass is 278 g/mol. The zero-order valence-corrected chi connectivity index (χ0v) is 12.6. The van der Waals surface area contributed by atoms with Crippen LogP contribution in [0.3, 0.4) is 0 Å². The Morgan fingerprint density at radius 3 is 2.95 bits per heavy atom. The van der Waals surface area contributed by atoms with Gasteiger partial charge in [-0.05, 0) is 24.5 Å². The summed E-state index contributed by atoms with van der Waals surface area (Å²) in [6.07, 6.45) is 2.73. The SMILES string of the molecule is COCCNCc1ccccc1N1CCCC(OC)C1. The van der Waals surface area contributed by atoms with E-state index in [2.05, 4.69) is 34.5 Å². The summed E-state index contributed by atoms with van der Waals surface area (Å²) in [4.78, 5) is 2.45. The molecule has 1 atom stereocenters. The number of hydrogen-bond acceptors (Lipinski definition) is 4. The highest BCUT2D eigenvalue weighted by Gasteiger charge is 2.20. The van der Waals surface area contributed by atoms with E-state index in [4.69, 9.17) is 9.47 Å². The molecule has 0 radical (unpaired) electrons. The molecule has 1 aliphatic heterocycles. The fraction of sp³-hybridized carbons (Fsp3) is 0.625. The summed E-state index contributed by atoms with van der Waals surface area (Å²) < 4.78 is 10.6. The number of nitrogens with one attached hydrogen (secondary N) is 1. The lowest BCUT2D eigenvalue weighted by atomic mass is 10.0. The van der Waals surface area contributed by atoms with Gasteiger partial charge in [0, 0.05) is 46.1 Å². The molecule has 2 rings (SSSR count). The van der Waals surface area contributed by atoms with Crippen LogP contribution in [0.2, 0.25) is 0 Å². The van der Waals surface area contributed by atoms with Gasteiger partial charge in [-0.3, -0.25) is 0 Å². The predicted octanol–water partition coefficient (Wildman–Crippen LogP) is 2.04. The summed E-state index contributed by atoms with van der Waals surface area (Å²) in [7, 11) is 3.54. The molecular weight excluding hydrogens is 252 g/mol. The van der Waals surface area contributed by atoms with Crippen LogP contribution in [0.1, 0.15) is 18.4 Å². The van der Waals surface area contributed by atoms with E-state index in [-0.39, 0.29) is 0 Å². The number of para-hydroxylation sites is 1. The van der Waals surface area contributed by atoms with Gasteiger partial charge in [0.15, 0.2) is 0 Å². The van der Waals surface area contributed by atoms with Crippen molar-refractivity contribution in [3.8, 4) is 0 Å². The molecule has 1 aromatic rings. The molecule has 0 aliphatic carbocycles. The van der Waals surface area contributed by atoms with Gasteiger partial charge in [0.2, 0.25) is 0 Å². The lowest BCUT2D eigenvalue weighted by Gasteiger charge is -2.35. The van der Waals surface area contributed by atoms with Gasteiger partial charge >= 0.3 is 0 Å². The Morgan fingerprint density at radius 1 is 1.30 bits per heavy atom. The highest BCUT2D eigenvalue weighted by Crippen LogP contribution is 2.24. The minimum Gasteiger partial charge on any atom is -0.383 e. The highest BCUT2D eigenvalue weighted by atomic mass is 16.5. The van der Waals surface area contributed by atoms with Gasteiger partial charge in [-0.15, -0.1) is 0 Å². The molecule has 4 heteroatoms. The zero-order chi connectivity index (χ0) is 14.2. The molecule has 1 fully saturated rings. The van der Waals surface area contributed by atoms with Gasteiger partial charge in [0.1, 0.15) is 0 Å². The average Bonchev–Trinajstić information content (AvgIpc) is 2.52. The van der Waals surface area contributed by atoms with Crippen LogP contribution >= 0.6 is 0 Å². The third kappa shape index (κ3) is 4.20. The molecule has 1 unspecified atom stereocenters. The van der Waals surface area contributed by atoms with E-state index in [0.29, 0.717) is 6.10 Å².